The van der Waals surface area contributed by atoms with Crippen LogP contribution in [0, 0.1) is 5.92 Å². The Morgan fingerprint density at radius 3 is 2.20 bits per heavy atom. The molecule has 0 saturated carbocycles. The van der Waals surface area contributed by atoms with Gasteiger partial charge in [-0.1, -0.05) is 13.8 Å². The van der Waals surface area contributed by atoms with Crippen molar-refractivity contribution in [1.29, 1.82) is 0 Å². The van der Waals surface area contributed by atoms with Crippen molar-refractivity contribution in [2.45, 2.75) is 39.3 Å². The Morgan fingerprint density at radius 2 is 1.87 bits per heavy atom. The van der Waals surface area contributed by atoms with Gasteiger partial charge in [0.15, 0.2) is 0 Å². The molecular weight excluding hydrogens is 192 g/mol. The SMILES string of the molecule is CC(CCN(C)C)NC(C(=O)O)C(C)C. The van der Waals surface area contributed by atoms with Crippen molar-refractivity contribution in [2.75, 3.05) is 20.6 Å². The molecule has 0 radical (unpaired) electrons. The van der Waals surface area contributed by atoms with Gasteiger partial charge in [0.05, 0.1) is 0 Å². The highest BCUT2D eigenvalue weighted by molar-refractivity contribution is 5.73. The minimum absolute atomic E-state index is 0.115. The van der Waals surface area contributed by atoms with Gasteiger partial charge in [-0.05, 0) is 39.9 Å². The Hall–Kier alpha value is -0.610. The van der Waals surface area contributed by atoms with Gasteiger partial charge in [0, 0.05) is 6.04 Å². The summed E-state index contributed by atoms with van der Waals surface area (Å²) in [5, 5.41) is 12.1. The highest BCUT2D eigenvalue weighted by Crippen LogP contribution is 2.04. The summed E-state index contributed by atoms with van der Waals surface area (Å²) in [5.41, 5.74) is 0. The lowest BCUT2D eigenvalue weighted by Crippen LogP contribution is -2.46. The summed E-state index contributed by atoms with van der Waals surface area (Å²) in [5.74, 6) is -0.647. The molecule has 0 fully saturated rings. The van der Waals surface area contributed by atoms with E-state index in [4.69, 9.17) is 5.11 Å². The first-order chi connectivity index (χ1) is 6.84. The van der Waals surface area contributed by atoms with Crippen LogP contribution < -0.4 is 5.32 Å². The van der Waals surface area contributed by atoms with Crippen LogP contribution in [0.1, 0.15) is 27.2 Å². The van der Waals surface area contributed by atoms with Crippen LogP contribution in [-0.4, -0.2) is 48.7 Å². The number of hydrogen-bond acceptors (Lipinski definition) is 3. The molecule has 0 aliphatic carbocycles. The molecule has 2 atom stereocenters. The molecule has 2 N–H and O–H groups in total. The van der Waals surface area contributed by atoms with Crippen molar-refractivity contribution in [3.63, 3.8) is 0 Å². The maximum absolute atomic E-state index is 10.9. The van der Waals surface area contributed by atoms with E-state index in [0.717, 1.165) is 13.0 Å². The second-order valence-corrected chi connectivity index (χ2v) is 4.72. The molecule has 0 aromatic carbocycles. The van der Waals surface area contributed by atoms with Gasteiger partial charge in [0.25, 0.3) is 0 Å². The highest BCUT2D eigenvalue weighted by Gasteiger charge is 2.22. The van der Waals surface area contributed by atoms with Crippen molar-refractivity contribution in [2.24, 2.45) is 5.92 Å². The molecule has 0 aromatic rings. The molecule has 15 heavy (non-hydrogen) atoms. The molecule has 0 rings (SSSR count). The van der Waals surface area contributed by atoms with Crippen LogP contribution in [0.3, 0.4) is 0 Å². The van der Waals surface area contributed by atoms with Gasteiger partial charge in [-0.15, -0.1) is 0 Å². The van der Waals surface area contributed by atoms with Gasteiger partial charge in [-0.25, -0.2) is 0 Å². The van der Waals surface area contributed by atoms with Crippen molar-refractivity contribution in [3.8, 4) is 0 Å². The van der Waals surface area contributed by atoms with Crippen LogP contribution in [0.2, 0.25) is 0 Å². The molecule has 0 aliphatic heterocycles. The molecule has 0 aliphatic rings. The Balaban J connectivity index is 4.00. The fourth-order valence-electron chi connectivity index (χ4n) is 1.39. The summed E-state index contributed by atoms with van der Waals surface area (Å²) < 4.78 is 0. The average molecular weight is 216 g/mol. The maximum atomic E-state index is 10.9. The van der Waals surface area contributed by atoms with Gasteiger partial charge in [-0.2, -0.15) is 0 Å². The van der Waals surface area contributed by atoms with E-state index in [1.54, 1.807) is 0 Å². The van der Waals surface area contributed by atoms with Crippen molar-refractivity contribution in [1.82, 2.24) is 10.2 Å². The lowest BCUT2D eigenvalue weighted by molar-refractivity contribution is -0.140. The first-order valence-corrected chi connectivity index (χ1v) is 5.48. The molecule has 90 valence electrons. The number of carbonyl (C=O) groups is 1. The second-order valence-electron chi connectivity index (χ2n) is 4.72. The van der Waals surface area contributed by atoms with E-state index in [1.165, 1.54) is 0 Å². The van der Waals surface area contributed by atoms with Gasteiger partial charge in [0.1, 0.15) is 6.04 Å². The van der Waals surface area contributed by atoms with Crippen LogP contribution in [0.4, 0.5) is 0 Å². The van der Waals surface area contributed by atoms with Gasteiger partial charge < -0.3 is 15.3 Å². The van der Waals surface area contributed by atoms with E-state index in [-0.39, 0.29) is 12.0 Å². The fraction of sp³-hybridized carbons (Fsp3) is 0.909. The standard InChI is InChI=1S/C11H24N2O2/c1-8(2)10(11(14)15)12-9(3)6-7-13(4)5/h8-10,12H,6-7H2,1-5H3,(H,14,15). The predicted octanol–water partition coefficient (Wildman–Crippen LogP) is 1.03. The lowest BCUT2D eigenvalue weighted by Gasteiger charge is -2.23. The number of carboxylic acid groups (broad SMARTS) is 1. The molecule has 2 unspecified atom stereocenters. The van der Waals surface area contributed by atoms with Crippen LogP contribution >= 0.6 is 0 Å². The molecule has 0 aromatic heterocycles. The third-order valence-corrected chi connectivity index (χ3v) is 2.41. The minimum Gasteiger partial charge on any atom is -0.480 e. The average Bonchev–Trinajstić information content (AvgIpc) is 2.09. The zero-order valence-electron chi connectivity index (χ0n) is 10.4. The molecule has 0 spiro atoms. The number of carboxylic acids is 1. The van der Waals surface area contributed by atoms with E-state index >= 15 is 0 Å². The molecule has 0 amide bonds. The normalized spacial score (nSPS) is 15.7. The Morgan fingerprint density at radius 1 is 1.33 bits per heavy atom. The maximum Gasteiger partial charge on any atom is 0.320 e. The Bertz CT molecular complexity index is 193. The largest absolute Gasteiger partial charge is 0.480 e. The predicted molar refractivity (Wildman–Crippen MR) is 62.0 cm³/mol. The van der Waals surface area contributed by atoms with Crippen LogP contribution in [0.25, 0.3) is 0 Å². The first kappa shape index (κ1) is 14.4. The summed E-state index contributed by atoms with van der Waals surface area (Å²) in [7, 11) is 4.04. The highest BCUT2D eigenvalue weighted by atomic mass is 16.4. The molecule has 4 heteroatoms. The number of nitrogens with zero attached hydrogens (tertiary/aromatic N) is 1. The quantitative estimate of drug-likeness (QED) is 0.667. The summed E-state index contributed by atoms with van der Waals surface area (Å²) in [6.07, 6.45) is 0.962. The van der Waals surface area contributed by atoms with E-state index in [9.17, 15) is 4.79 Å². The third kappa shape index (κ3) is 6.47. The van der Waals surface area contributed by atoms with Crippen molar-refractivity contribution in [3.05, 3.63) is 0 Å². The second kappa shape index (κ2) is 6.80. The molecule has 4 nitrogen and oxygen atoms in total. The van der Waals surface area contributed by atoms with Crippen molar-refractivity contribution >= 4 is 5.97 Å². The summed E-state index contributed by atoms with van der Waals surface area (Å²) in [6.45, 7) is 6.84. The van der Waals surface area contributed by atoms with Crippen LogP contribution in [0.5, 0.6) is 0 Å². The van der Waals surface area contributed by atoms with E-state index < -0.39 is 12.0 Å². The summed E-state index contributed by atoms with van der Waals surface area (Å²) >= 11 is 0. The number of hydrogen-bond donors (Lipinski definition) is 2. The van der Waals surface area contributed by atoms with Gasteiger partial charge in [0.2, 0.25) is 0 Å². The molecule has 0 bridgehead atoms. The molecule has 0 heterocycles. The topological polar surface area (TPSA) is 52.6 Å². The molecular formula is C11H24N2O2. The van der Waals surface area contributed by atoms with Crippen LogP contribution in [0.15, 0.2) is 0 Å². The fourth-order valence-corrected chi connectivity index (χ4v) is 1.39. The monoisotopic (exact) mass is 216 g/mol. The third-order valence-electron chi connectivity index (χ3n) is 2.41. The zero-order chi connectivity index (χ0) is 12.0. The summed E-state index contributed by atoms with van der Waals surface area (Å²) in [4.78, 5) is 13.0. The van der Waals surface area contributed by atoms with E-state index in [1.807, 2.05) is 34.9 Å². The first-order valence-electron chi connectivity index (χ1n) is 5.48. The Kier molecular flexibility index (Phi) is 6.52. The Labute approximate surface area is 92.7 Å². The van der Waals surface area contributed by atoms with Crippen molar-refractivity contribution < 1.29 is 9.90 Å². The van der Waals surface area contributed by atoms with Gasteiger partial charge >= 0.3 is 5.97 Å². The van der Waals surface area contributed by atoms with E-state index in [2.05, 4.69) is 10.2 Å². The lowest BCUT2D eigenvalue weighted by atomic mass is 10.0. The zero-order valence-corrected chi connectivity index (χ0v) is 10.4. The number of nitrogens with one attached hydrogen (secondary N) is 1. The van der Waals surface area contributed by atoms with Crippen LogP contribution in [-0.2, 0) is 4.79 Å². The van der Waals surface area contributed by atoms with Gasteiger partial charge in [-0.3, -0.25) is 4.79 Å². The molecule has 0 saturated heterocycles. The summed E-state index contributed by atoms with van der Waals surface area (Å²) in [6, 6.07) is -0.210. The number of aliphatic carboxylic acids is 1. The smallest absolute Gasteiger partial charge is 0.320 e. The number of rotatable bonds is 7. The minimum atomic E-state index is -0.762. The van der Waals surface area contributed by atoms with E-state index in [0.29, 0.717) is 0 Å².